The van der Waals surface area contributed by atoms with Crippen LogP contribution in [0.3, 0.4) is 0 Å². The molecule has 29 heavy (non-hydrogen) atoms. The highest BCUT2D eigenvalue weighted by molar-refractivity contribution is 9.10. The molecule has 2 N–H and O–H groups in total. The van der Waals surface area contributed by atoms with Gasteiger partial charge in [0.1, 0.15) is 17.5 Å². The van der Waals surface area contributed by atoms with Crippen molar-refractivity contribution in [1.29, 1.82) is 5.26 Å². The monoisotopic (exact) mass is 451 g/mol. The number of nitrogens with zero attached hydrogens (tertiary/aromatic N) is 4. The third kappa shape index (κ3) is 3.75. The van der Waals surface area contributed by atoms with Gasteiger partial charge in [-0.05, 0) is 23.3 Å². The van der Waals surface area contributed by atoms with E-state index in [0.29, 0.717) is 13.1 Å². The molecule has 0 saturated heterocycles. The van der Waals surface area contributed by atoms with Crippen LogP contribution >= 0.6 is 15.9 Å². The fourth-order valence-corrected chi connectivity index (χ4v) is 3.59. The number of nitrogens with one attached hydrogen (secondary N) is 1. The number of rotatable bonds is 3. The number of fused-ring (bicyclic) bond motifs is 1. The van der Waals surface area contributed by atoms with Crippen molar-refractivity contribution in [2.75, 3.05) is 0 Å². The molecule has 4 rings (SSSR count). The van der Waals surface area contributed by atoms with Gasteiger partial charge in [0.2, 0.25) is 5.91 Å². The molecule has 1 aromatic carbocycles. The molecule has 8 nitrogen and oxygen atoms in total. The number of hydrogen-bond donors (Lipinski definition) is 2. The average molecular weight is 452 g/mol. The Bertz CT molecular complexity index is 1230. The number of halogens is 1. The molecule has 9 heteroatoms. The number of benzene rings is 1. The molecule has 144 valence electrons. The first-order chi connectivity index (χ1) is 13.9. The van der Waals surface area contributed by atoms with E-state index in [4.69, 9.17) is 5.26 Å². The molecule has 0 aliphatic carbocycles. The van der Waals surface area contributed by atoms with Gasteiger partial charge in [0.15, 0.2) is 5.82 Å². The van der Waals surface area contributed by atoms with E-state index >= 15 is 0 Å². The molecule has 0 spiro atoms. The highest BCUT2D eigenvalue weighted by atomic mass is 79.9. The first kappa shape index (κ1) is 18.8. The van der Waals surface area contributed by atoms with Crippen LogP contribution in [0, 0.1) is 11.3 Å². The van der Waals surface area contributed by atoms with Gasteiger partial charge in [0.05, 0.1) is 12.0 Å². The zero-order chi connectivity index (χ0) is 20.5. The summed E-state index contributed by atoms with van der Waals surface area (Å²) in [6, 6.07) is 9.01. The summed E-state index contributed by atoms with van der Waals surface area (Å²) in [5.41, 5.74) is 2.16. The summed E-state index contributed by atoms with van der Waals surface area (Å²) in [6.07, 6.45) is 2.51. The number of amides is 1. The Labute approximate surface area is 173 Å². The molecular weight excluding hydrogens is 438 g/mol. The number of carbonyl (C=O) groups is 1. The Hall–Kier alpha value is -3.51. The topological polar surface area (TPSA) is 123 Å². The van der Waals surface area contributed by atoms with E-state index in [1.807, 2.05) is 24.3 Å². The molecule has 1 amide bonds. The summed E-state index contributed by atoms with van der Waals surface area (Å²) in [4.78, 5) is 37.4. The van der Waals surface area contributed by atoms with Crippen LogP contribution in [0.25, 0.3) is 11.5 Å². The van der Waals surface area contributed by atoms with E-state index in [2.05, 4.69) is 30.9 Å². The maximum Gasteiger partial charge on any atom is 0.254 e. The normalized spacial score (nSPS) is 12.5. The third-order valence-electron chi connectivity index (χ3n) is 4.68. The number of aromatic amines is 1. The van der Waals surface area contributed by atoms with Crippen LogP contribution in [0.5, 0.6) is 5.75 Å². The molecule has 1 aliphatic rings. The maximum atomic E-state index is 12.7. The number of aromatic nitrogens is 3. The largest absolute Gasteiger partial charge is 0.505 e. The second kappa shape index (κ2) is 7.48. The van der Waals surface area contributed by atoms with Gasteiger partial charge in [-0.3, -0.25) is 9.59 Å². The second-order valence-corrected chi connectivity index (χ2v) is 7.54. The molecule has 1 aliphatic heterocycles. The fraction of sp³-hybridized carbons (Fsp3) is 0.150. The van der Waals surface area contributed by atoms with Crippen LogP contribution in [-0.4, -0.2) is 30.9 Å². The van der Waals surface area contributed by atoms with Crippen molar-refractivity contribution in [3.05, 3.63) is 73.7 Å². The molecule has 0 saturated carbocycles. The van der Waals surface area contributed by atoms with E-state index in [-0.39, 0.29) is 40.7 Å². The predicted molar refractivity (Wildman–Crippen MR) is 107 cm³/mol. The van der Waals surface area contributed by atoms with Gasteiger partial charge in [-0.25, -0.2) is 9.97 Å². The summed E-state index contributed by atoms with van der Waals surface area (Å²) in [5, 5.41) is 18.8. The Balaban J connectivity index is 1.51. The number of aromatic hydroxyl groups is 1. The fourth-order valence-electron chi connectivity index (χ4n) is 3.18. The second-order valence-electron chi connectivity index (χ2n) is 6.63. The SMILES string of the molecule is N#Cc1cnc(-c2ncc(CC(=O)N3Cc4ccc(Br)cc4C3)c(=O)[nH]2)c(O)c1. The van der Waals surface area contributed by atoms with Crippen LogP contribution in [-0.2, 0) is 24.3 Å². The van der Waals surface area contributed by atoms with Crippen molar-refractivity contribution in [3.8, 4) is 23.3 Å². The van der Waals surface area contributed by atoms with E-state index in [1.165, 1.54) is 18.5 Å². The maximum absolute atomic E-state index is 12.7. The zero-order valence-electron chi connectivity index (χ0n) is 15.0. The lowest BCUT2D eigenvalue weighted by atomic mass is 10.1. The highest BCUT2D eigenvalue weighted by Crippen LogP contribution is 2.26. The molecule has 0 unspecified atom stereocenters. The summed E-state index contributed by atoms with van der Waals surface area (Å²) in [7, 11) is 0. The quantitative estimate of drug-likeness (QED) is 0.629. The summed E-state index contributed by atoms with van der Waals surface area (Å²) in [5.74, 6) is -0.375. The third-order valence-corrected chi connectivity index (χ3v) is 5.17. The van der Waals surface area contributed by atoms with Crippen LogP contribution in [0.1, 0.15) is 22.3 Å². The van der Waals surface area contributed by atoms with E-state index in [0.717, 1.165) is 15.6 Å². The first-order valence-corrected chi connectivity index (χ1v) is 9.46. The average Bonchev–Trinajstić information content (AvgIpc) is 3.12. The molecule has 0 radical (unpaired) electrons. The lowest BCUT2D eigenvalue weighted by molar-refractivity contribution is -0.131. The van der Waals surface area contributed by atoms with Crippen LogP contribution in [0.4, 0.5) is 0 Å². The predicted octanol–water partition coefficient (Wildman–Crippen LogP) is 2.26. The molecule has 2 aromatic heterocycles. The van der Waals surface area contributed by atoms with Crippen molar-refractivity contribution in [3.63, 3.8) is 0 Å². The molecular formula is C20H14BrN5O3. The van der Waals surface area contributed by atoms with Crippen molar-refractivity contribution in [2.24, 2.45) is 0 Å². The van der Waals surface area contributed by atoms with Crippen LogP contribution in [0.15, 0.2) is 45.9 Å². The molecule has 0 atom stereocenters. The van der Waals surface area contributed by atoms with Crippen LogP contribution in [0.2, 0.25) is 0 Å². The minimum Gasteiger partial charge on any atom is -0.505 e. The van der Waals surface area contributed by atoms with Crippen molar-refractivity contribution in [1.82, 2.24) is 19.9 Å². The van der Waals surface area contributed by atoms with Crippen LogP contribution < -0.4 is 5.56 Å². The molecule has 0 bridgehead atoms. The molecule has 3 heterocycles. The smallest absolute Gasteiger partial charge is 0.254 e. The van der Waals surface area contributed by atoms with Gasteiger partial charge in [0, 0.05) is 41.6 Å². The summed E-state index contributed by atoms with van der Waals surface area (Å²) >= 11 is 3.43. The Morgan fingerprint density at radius 3 is 2.76 bits per heavy atom. The van der Waals surface area contributed by atoms with Crippen molar-refractivity contribution >= 4 is 21.8 Å². The number of pyridine rings is 1. The minimum atomic E-state index is -0.478. The Morgan fingerprint density at radius 1 is 1.24 bits per heavy atom. The van der Waals surface area contributed by atoms with E-state index < -0.39 is 5.56 Å². The molecule has 3 aromatic rings. The first-order valence-electron chi connectivity index (χ1n) is 8.67. The van der Waals surface area contributed by atoms with Gasteiger partial charge in [0.25, 0.3) is 5.56 Å². The standard InChI is InChI=1S/C20H14BrN5O3/c21-15-2-1-12-9-26(10-14(12)4-15)17(28)5-13-8-24-19(25-20(13)29)18-16(27)3-11(6-22)7-23-18/h1-4,7-8,27H,5,9-10H2,(H,24,25,29). The summed E-state index contributed by atoms with van der Waals surface area (Å²) < 4.78 is 0.960. The van der Waals surface area contributed by atoms with E-state index in [1.54, 1.807) is 4.90 Å². The summed E-state index contributed by atoms with van der Waals surface area (Å²) in [6.45, 7) is 1.01. The highest BCUT2D eigenvalue weighted by Gasteiger charge is 2.24. The Morgan fingerprint density at radius 2 is 2.03 bits per heavy atom. The van der Waals surface area contributed by atoms with Gasteiger partial charge in [-0.2, -0.15) is 5.26 Å². The number of H-pyrrole nitrogens is 1. The van der Waals surface area contributed by atoms with E-state index in [9.17, 15) is 14.7 Å². The zero-order valence-corrected chi connectivity index (χ0v) is 16.6. The van der Waals surface area contributed by atoms with Crippen molar-refractivity contribution < 1.29 is 9.90 Å². The number of carbonyl (C=O) groups excluding carboxylic acids is 1. The van der Waals surface area contributed by atoms with Gasteiger partial charge in [-0.1, -0.05) is 22.0 Å². The Kier molecular flexibility index (Phi) is 4.86. The number of hydrogen-bond acceptors (Lipinski definition) is 6. The minimum absolute atomic E-state index is 0.0551. The van der Waals surface area contributed by atoms with Gasteiger partial charge >= 0.3 is 0 Å². The van der Waals surface area contributed by atoms with Gasteiger partial charge < -0.3 is 15.0 Å². The molecule has 0 fully saturated rings. The number of nitriles is 1. The lowest BCUT2D eigenvalue weighted by Gasteiger charge is -2.15. The van der Waals surface area contributed by atoms with Crippen molar-refractivity contribution in [2.45, 2.75) is 19.5 Å². The van der Waals surface area contributed by atoms with Gasteiger partial charge in [-0.15, -0.1) is 0 Å². The lowest BCUT2D eigenvalue weighted by Crippen LogP contribution is -2.29.